The zero-order valence-electron chi connectivity index (χ0n) is 25.6. The Morgan fingerprint density at radius 3 is 2.69 bits per heavy atom. The standard InChI is InChI=1S/C32H52FN5O4/c1-36(2)13-6-5-11-34-27-25(33)19-23-28-31(27)42-30-22-8-4-3-7-21(22)9-10-26(30)38(28)20-24(29(23)39)32(40)35-12-14-37-15-17-41-18-16-37/h20-23,25-28,30-31,34H,3-19H2,1-2H3,(H,35,40). The van der Waals surface area contributed by atoms with E-state index in [1.807, 2.05) is 6.20 Å². The van der Waals surface area contributed by atoms with Crippen molar-refractivity contribution in [2.75, 3.05) is 66.6 Å². The predicted molar refractivity (Wildman–Crippen MR) is 159 cm³/mol. The Labute approximate surface area is 250 Å². The van der Waals surface area contributed by atoms with Gasteiger partial charge in [-0.2, -0.15) is 0 Å². The zero-order chi connectivity index (χ0) is 29.2. The molecule has 236 valence electrons. The molecule has 3 aliphatic carbocycles. The van der Waals surface area contributed by atoms with Crippen LogP contribution in [0.5, 0.6) is 0 Å². The van der Waals surface area contributed by atoms with Crippen LogP contribution >= 0.6 is 0 Å². The highest BCUT2D eigenvalue weighted by molar-refractivity contribution is 6.20. The van der Waals surface area contributed by atoms with Crippen molar-refractivity contribution in [2.24, 2.45) is 17.8 Å². The van der Waals surface area contributed by atoms with Gasteiger partial charge in [-0.3, -0.25) is 14.5 Å². The number of Topliss-reactive ketones (excluding diaryl/α,β-unsaturated/α-hetero) is 1. The van der Waals surface area contributed by atoms with Crippen LogP contribution < -0.4 is 10.6 Å². The molecule has 2 saturated heterocycles. The normalized spacial score (nSPS) is 38.4. The van der Waals surface area contributed by atoms with Gasteiger partial charge in [-0.25, -0.2) is 4.39 Å². The molecule has 0 aromatic rings. The smallest absolute Gasteiger partial charge is 0.256 e. The van der Waals surface area contributed by atoms with E-state index in [0.717, 1.165) is 64.8 Å². The van der Waals surface area contributed by atoms with E-state index in [9.17, 15) is 9.59 Å². The van der Waals surface area contributed by atoms with Gasteiger partial charge in [0, 0.05) is 38.3 Å². The molecule has 0 aromatic heterocycles. The summed E-state index contributed by atoms with van der Waals surface area (Å²) in [6, 6.07) is -0.535. The molecule has 9 unspecified atom stereocenters. The lowest BCUT2D eigenvalue weighted by Crippen LogP contribution is -2.74. The van der Waals surface area contributed by atoms with E-state index in [-0.39, 0.29) is 41.9 Å². The van der Waals surface area contributed by atoms with Crippen molar-refractivity contribution in [1.82, 2.24) is 25.3 Å². The molecule has 6 rings (SSSR count). The average molecular weight is 590 g/mol. The Morgan fingerprint density at radius 1 is 1.07 bits per heavy atom. The number of nitrogens with zero attached hydrogens (tertiary/aromatic N) is 3. The van der Waals surface area contributed by atoms with Crippen LogP contribution in [0.25, 0.3) is 0 Å². The summed E-state index contributed by atoms with van der Waals surface area (Å²) in [6.45, 7) is 6.06. The highest BCUT2D eigenvalue weighted by atomic mass is 19.1. The molecule has 0 bridgehead atoms. The number of halogens is 1. The number of hydrogen-bond donors (Lipinski definition) is 2. The van der Waals surface area contributed by atoms with E-state index < -0.39 is 24.2 Å². The molecule has 42 heavy (non-hydrogen) atoms. The molecule has 0 radical (unpaired) electrons. The summed E-state index contributed by atoms with van der Waals surface area (Å²) < 4.78 is 28.5. The summed E-state index contributed by atoms with van der Waals surface area (Å²) in [7, 11) is 4.14. The fourth-order valence-electron chi connectivity index (χ4n) is 8.83. The summed E-state index contributed by atoms with van der Waals surface area (Å²) in [5.41, 5.74) is 0.200. The van der Waals surface area contributed by atoms with Crippen molar-refractivity contribution in [3.8, 4) is 0 Å². The first-order chi connectivity index (χ1) is 20.4. The van der Waals surface area contributed by atoms with Gasteiger partial charge < -0.3 is 29.9 Å². The van der Waals surface area contributed by atoms with Crippen molar-refractivity contribution in [3.63, 3.8) is 0 Å². The Kier molecular flexibility index (Phi) is 9.85. The summed E-state index contributed by atoms with van der Waals surface area (Å²) in [5, 5.41) is 6.55. The number of carbonyl (C=O) groups is 2. The number of rotatable bonds is 10. The van der Waals surface area contributed by atoms with Crippen LogP contribution in [0.4, 0.5) is 4.39 Å². The fourth-order valence-corrected chi connectivity index (χ4v) is 8.83. The van der Waals surface area contributed by atoms with Gasteiger partial charge in [-0.05, 0) is 77.5 Å². The first-order valence-corrected chi connectivity index (χ1v) is 16.7. The Bertz CT molecular complexity index is 990. The highest BCUT2D eigenvalue weighted by Crippen LogP contribution is 2.50. The van der Waals surface area contributed by atoms with Crippen LogP contribution in [0.2, 0.25) is 0 Å². The van der Waals surface area contributed by atoms with E-state index in [4.69, 9.17) is 9.47 Å². The molecule has 9 nitrogen and oxygen atoms in total. The first kappa shape index (κ1) is 30.4. The minimum Gasteiger partial charge on any atom is -0.379 e. The topological polar surface area (TPSA) is 86.4 Å². The van der Waals surface area contributed by atoms with Crippen LogP contribution in [-0.2, 0) is 19.1 Å². The van der Waals surface area contributed by atoms with Crippen molar-refractivity contribution >= 4 is 11.7 Å². The number of alkyl halides is 1. The van der Waals surface area contributed by atoms with Crippen LogP contribution in [0.15, 0.2) is 11.8 Å². The van der Waals surface area contributed by atoms with Gasteiger partial charge in [-0.1, -0.05) is 19.3 Å². The minimum absolute atomic E-state index is 0.0179. The minimum atomic E-state index is -1.19. The number of nitrogens with one attached hydrogen (secondary N) is 2. The molecule has 9 atom stereocenters. The van der Waals surface area contributed by atoms with Gasteiger partial charge in [0.25, 0.3) is 5.91 Å². The third-order valence-corrected chi connectivity index (χ3v) is 11.0. The quantitative estimate of drug-likeness (QED) is 0.296. The van der Waals surface area contributed by atoms with Crippen molar-refractivity contribution in [2.45, 2.75) is 94.3 Å². The van der Waals surface area contributed by atoms with Crippen LogP contribution in [0, 0.1) is 17.8 Å². The second kappa shape index (κ2) is 13.6. The maximum Gasteiger partial charge on any atom is 0.256 e. The number of fused-ring (bicyclic) bond motifs is 4. The van der Waals surface area contributed by atoms with Gasteiger partial charge in [-0.15, -0.1) is 0 Å². The number of hydrogen-bond acceptors (Lipinski definition) is 8. The van der Waals surface area contributed by atoms with Crippen molar-refractivity contribution in [1.29, 1.82) is 0 Å². The summed E-state index contributed by atoms with van der Waals surface area (Å²) in [6.07, 6.45) is 9.50. The molecule has 10 heteroatoms. The SMILES string of the molecule is CN(C)CCCCNC1C(F)CC2C(=O)C(C(=O)NCCN3CCOCC3)=CN3C4CCC5CCCCC5C4OC1C23. The van der Waals surface area contributed by atoms with Crippen molar-refractivity contribution in [3.05, 3.63) is 11.8 Å². The van der Waals surface area contributed by atoms with Crippen LogP contribution in [0.1, 0.15) is 57.8 Å². The first-order valence-electron chi connectivity index (χ1n) is 16.7. The zero-order valence-corrected chi connectivity index (χ0v) is 25.6. The molecule has 6 aliphatic rings. The molecule has 0 aromatic carbocycles. The summed E-state index contributed by atoms with van der Waals surface area (Å²) in [4.78, 5) is 34.1. The molecule has 5 fully saturated rings. The van der Waals surface area contributed by atoms with E-state index in [1.165, 1.54) is 19.3 Å². The molecule has 0 spiro atoms. The molecule has 3 heterocycles. The van der Waals surface area contributed by atoms with E-state index >= 15 is 4.39 Å². The lowest BCUT2D eigenvalue weighted by Gasteiger charge is -2.61. The monoisotopic (exact) mass is 589 g/mol. The number of morpholine rings is 2. The van der Waals surface area contributed by atoms with E-state index in [2.05, 4.69) is 39.4 Å². The van der Waals surface area contributed by atoms with E-state index in [1.54, 1.807) is 0 Å². The van der Waals surface area contributed by atoms with Crippen LogP contribution in [-0.4, -0.2) is 129 Å². The summed E-state index contributed by atoms with van der Waals surface area (Å²) >= 11 is 0. The van der Waals surface area contributed by atoms with Crippen molar-refractivity contribution < 1.29 is 23.5 Å². The molecule has 2 N–H and O–H groups in total. The molecule has 3 saturated carbocycles. The van der Waals surface area contributed by atoms with Gasteiger partial charge in [0.05, 0.1) is 49.1 Å². The van der Waals surface area contributed by atoms with Crippen LogP contribution in [0.3, 0.4) is 0 Å². The molecule has 1 amide bonds. The average Bonchev–Trinajstić information content (AvgIpc) is 2.99. The Balaban J connectivity index is 1.22. The molecular weight excluding hydrogens is 537 g/mol. The largest absolute Gasteiger partial charge is 0.379 e. The maximum absolute atomic E-state index is 16.1. The molecule has 3 aliphatic heterocycles. The third-order valence-electron chi connectivity index (χ3n) is 11.0. The Hall–Kier alpha value is -1.59. The second-order valence-corrected chi connectivity index (χ2v) is 13.8. The Morgan fingerprint density at radius 2 is 1.88 bits per heavy atom. The fraction of sp³-hybridized carbons (Fsp3) is 0.875. The van der Waals surface area contributed by atoms with E-state index in [0.29, 0.717) is 31.6 Å². The number of ketones is 1. The van der Waals surface area contributed by atoms with Gasteiger partial charge >= 0.3 is 0 Å². The number of ether oxygens (including phenoxy) is 2. The number of carbonyl (C=O) groups excluding carboxylic acids is 2. The molecular formula is C32H52FN5O4. The summed E-state index contributed by atoms with van der Waals surface area (Å²) in [5.74, 6) is 0.0222. The lowest BCUT2D eigenvalue weighted by molar-refractivity contribution is -0.220. The number of amides is 1. The predicted octanol–water partition coefficient (Wildman–Crippen LogP) is 1.97. The maximum atomic E-state index is 16.1. The number of unbranched alkanes of at least 4 members (excludes halogenated alkanes) is 1. The van der Waals surface area contributed by atoms with Gasteiger partial charge in [0.2, 0.25) is 0 Å². The second-order valence-electron chi connectivity index (χ2n) is 13.8. The van der Waals surface area contributed by atoms with Gasteiger partial charge in [0.1, 0.15) is 6.17 Å². The van der Waals surface area contributed by atoms with Gasteiger partial charge in [0.15, 0.2) is 5.78 Å². The highest BCUT2D eigenvalue weighted by Gasteiger charge is 2.60. The lowest BCUT2D eigenvalue weighted by atomic mass is 9.64. The third kappa shape index (κ3) is 6.29.